The molecule has 10 aromatic rings. The lowest BCUT2D eigenvalue weighted by atomic mass is 9.86. The van der Waals surface area contributed by atoms with Crippen molar-refractivity contribution in [2.75, 3.05) is 0 Å². The van der Waals surface area contributed by atoms with Crippen LogP contribution in [0.2, 0.25) is 0 Å². The molecule has 0 saturated heterocycles. The highest BCUT2D eigenvalue weighted by Crippen LogP contribution is 2.51. The van der Waals surface area contributed by atoms with Crippen molar-refractivity contribution >= 4 is 21.5 Å². The predicted octanol–water partition coefficient (Wildman–Crippen LogP) is 13.8. The van der Waals surface area contributed by atoms with Crippen molar-refractivity contribution in [2.24, 2.45) is 0 Å². The second kappa shape index (κ2) is 13.1. The maximum atomic E-state index is 5.31. The molecule has 3 nitrogen and oxygen atoms in total. The number of benzene rings is 9. The third kappa shape index (κ3) is 5.25. The molecule has 1 aromatic heterocycles. The first-order chi connectivity index (χ1) is 27.8. The van der Waals surface area contributed by atoms with Crippen molar-refractivity contribution in [1.82, 2.24) is 15.0 Å². The smallest absolute Gasteiger partial charge is 0.164 e. The third-order valence-electron chi connectivity index (χ3n) is 11.1. The van der Waals surface area contributed by atoms with E-state index in [0.29, 0.717) is 17.5 Å². The average Bonchev–Trinajstić information content (AvgIpc) is 3.61. The van der Waals surface area contributed by atoms with Crippen molar-refractivity contribution in [3.63, 3.8) is 0 Å². The standard InChI is InChI=1S/C53H33N3/c1-3-15-34(16-4-1)37-20-13-21-38(33-37)52-54-51(36-18-5-2-6-19-36)55-53(56-52)48-30-29-35-17-7-8-22-39(35)49(48)44-26-12-11-25-42(44)43-31-32-47-41-24-10-9-23-40(41)45-27-14-28-46(43)50(45)47/h1-33H. The highest BCUT2D eigenvalue weighted by Gasteiger charge is 2.25. The zero-order valence-corrected chi connectivity index (χ0v) is 30.4. The first kappa shape index (κ1) is 32.0. The fourth-order valence-corrected chi connectivity index (χ4v) is 8.54. The van der Waals surface area contributed by atoms with Gasteiger partial charge < -0.3 is 0 Å². The topological polar surface area (TPSA) is 38.7 Å². The fraction of sp³-hybridized carbons (Fsp3) is 0. The van der Waals surface area contributed by atoms with E-state index in [2.05, 4.69) is 176 Å². The van der Waals surface area contributed by atoms with Gasteiger partial charge in [0.15, 0.2) is 17.5 Å². The molecule has 0 spiro atoms. The van der Waals surface area contributed by atoms with Gasteiger partial charge in [-0.05, 0) is 83.7 Å². The van der Waals surface area contributed by atoms with Crippen LogP contribution in [0.25, 0.3) is 111 Å². The second-order valence-corrected chi connectivity index (χ2v) is 14.3. The third-order valence-corrected chi connectivity index (χ3v) is 11.1. The summed E-state index contributed by atoms with van der Waals surface area (Å²) in [5, 5.41) is 4.86. The van der Waals surface area contributed by atoms with Crippen LogP contribution in [0.5, 0.6) is 0 Å². The summed E-state index contributed by atoms with van der Waals surface area (Å²) in [6.45, 7) is 0. The summed E-state index contributed by atoms with van der Waals surface area (Å²) < 4.78 is 0. The molecule has 0 atom stereocenters. The van der Waals surface area contributed by atoms with Gasteiger partial charge in [-0.1, -0.05) is 188 Å². The monoisotopic (exact) mass is 711 g/mol. The summed E-state index contributed by atoms with van der Waals surface area (Å²) in [4.78, 5) is 15.7. The highest BCUT2D eigenvalue weighted by atomic mass is 15.0. The molecule has 9 aromatic carbocycles. The Kier molecular flexibility index (Phi) is 7.49. The van der Waals surface area contributed by atoms with E-state index in [1.54, 1.807) is 0 Å². The maximum absolute atomic E-state index is 5.31. The number of aromatic nitrogens is 3. The van der Waals surface area contributed by atoms with E-state index in [-0.39, 0.29) is 0 Å². The van der Waals surface area contributed by atoms with E-state index in [4.69, 9.17) is 15.0 Å². The van der Waals surface area contributed by atoms with Crippen LogP contribution in [0.3, 0.4) is 0 Å². The quantitative estimate of drug-likeness (QED) is 0.172. The van der Waals surface area contributed by atoms with Crippen LogP contribution >= 0.6 is 0 Å². The Balaban J connectivity index is 1.16. The van der Waals surface area contributed by atoms with Gasteiger partial charge in [0.25, 0.3) is 0 Å². The molecule has 1 aliphatic rings. The van der Waals surface area contributed by atoms with Gasteiger partial charge in [-0.2, -0.15) is 0 Å². The first-order valence-corrected chi connectivity index (χ1v) is 19.0. The van der Waals surface area contributed by atoms with Crippen LogP contribution < -0.4 is 0 Å². The molecule has 0 bridgehead atoms. The van der Waals surface area contributed by atoms with Gasteiger partial charge in [-0.25, -0.2) is 15.0 Å². The molecule has 260 valence electrons. The summed E-state index contributed by atoms with van der Waals surface area (Å²) in [6.07, 6.45) is 0. The maximum Gasteiger partial charge on any atom is 0.164 e. The van der Waals surface area contributed by atoms with Gasteiger partial charge in [-0.15, -0.1) is 0 Å². The minimum absolute atomic E-state index is 0.630. The number of nitrogens with zero attached hydrogens (tertiary/aromatic N) is 3. The number of fused-ring (bicyclic) bond motifs is 4. The molecule has 1 heterocycles. The molecule has 0 aliphatic heterocycles. The first-order valence-electron chi connectivity index (χ1n) is 19.0. The summed E-state index contributed by atoms with van der Waals surface area (Å²) >= 11 is 0. The Morgan fingerprint density at radius 1 is 0.250 bits per heavy atom. The minimum Gasteiger partial charge on any atom is -0.208 e. The Labute approximate surface area is 325 Å². The molecule has 3 heteroatoms. The van der Waals surface area contributed by atoms with Crippen molar-refractivity contribution in [3.8, 4) is 89.8 Å². The lowest BCUT2D eigenvalue weighted by Gasteiger charge is -2.19. The minimum atomic E-state index is 0.630. The van der Waals surface area contributed by atoms with Crippen molar-refractivity contribution in [1.29, 1.82) is 0 Å². The van der Waals surface area contributed by atoms with E-state index in [9.17, 15) is 0 Å². The largest absolute Gasteiger partial charge is 0.208 e. The van der Waals surface area contributed by atoms with Gasteiger partial charge in [0.05, 0.1) is 0 Å². The molecule has 0 unspecified atom stereocenters. The van der Waals surface area contributed by atoms with Crippen LogP contribution in [0.4, 0.5) is 0 Å². The van der Waals surface area contributed by atoms with Crippen LogP contribution in [0.1, 0.15) is 0 Å². The Morgan fingerprint density at radius 3 is 1.50 bits per heavy atom. The molecule has 0 amide bonds. The van der Waals surface area contributed by atoms with Crippen LogP contribution in [-0.4, -0.2) is 15.0 Å². The summed E-state index contributed by atoms with van der Waals surface area (Å²) in [6, 6.07) is 71.0. The Bertz CT molecular complexity index is 3100. The lowest BCUT2D eigenvalue weighted by molar-refractivity contribution is 1.07. The Hall–Kier alpha value is -7.49. The normalized spacial score (nSPS) is 11.6. The molecule has 0 radical (unpaired) electrons. The van der Waals surface area contributed by atoms with Gasteiger partial charge in [-0.3, -0.25) is 0 Å². The van der Waals surface area contributed by atoms with Gasteiger partial charge in [0.1, 0.15) is 0 Å². The van der Waals surface area contributed by atoms with E-state index in [1.807, 2.05) is 24.3 Å². The van der Waals surface area contributed by atoms with Gasteiger partial charge in [0.2, 0.25) is 0 Å². The molecule has 1 aliphatic carbocycles. The van der Waals surface area contributed by atoms with Gasteiger partial charge >= 0.3 is 0 Å². The summed E-state index contributed by atoms with van der Waals surface area (Å²) in [5.74, 6) is 1.90. The van der Waals surface area contributed by atoms with Crippen molar-refractivity contribution in [2.45, 2.75) is 0 Å². The zero-order valence-electron chi connectivity index (χ0n) is 30.4. The van der Waals surface area contributed by atoms with E-state index in [0.717, 1.165) is 55.3 Å². The molecule has 0 N–H and O–H groups in total. The molecule has 11 rings (SSSR count). The summed E-state index contributed by atoms with van der Waals surface area (Å²) in [7, 11) is 0. The average molecular weight is 712 g/mol. The molecule has 0 saturated carbocycles. The van der Waals surface area contributed by atoms with Crippen LogP contribution in [-0.2, 0) is 0 Å². The molecule has 56 heavy (non-hydrogen) atoms. The van der Waals surface area contributed by atoms with Crippen LogP contribution in [0, 0.1) is 0 Å². The van der Waals surface area contributed by atoms with Crippen molar-refractivity contribution < 1.29 is 0 Å². The van der Waals surface area contributed by atoms with E-state index in [1.165, 1.54) is 38.6 Å². The summed E-state index contributed by atoms with van der Waals surface area (Å²) in [5.41, 5.74) is 14.8. The predicted molar refractivity (Wildman–Crippen MR) is 232 cm³/mol. The SMILES string of the molecule is c1ccc(-c2cccc(-c3nc(-c4ccccc4)nc(-c4ccc5ccccc5c4-c4ccccc4-c4ccc5c6c(cccc46)-c4ccccc4-5)n3)c2)cc1. The fourth-order valence-electron chi connectivity index (χ4n) is 8.54. The number of hydrogen-bond donors (Lipinski definition) is 0. The van der Waals surface area contributed by atoms with E-state index >= 15 is 0 Å². The molecule has 0 fully saturated rings. The van der Waals surface area contributed by atoms with Crippen molar-refractivity contribution in [3.05, 3.63) is 200 Å². The second-order valence-electron chi connectivity index (χ2n) is 14.3. The number of hydrogen-bond acceptors (Lipinski definition) is 3. The number of rotatable bonds is 6. The Morgan fingerprint density at radius 2 is 0.732 bits per heavy atom. The lowest BCUT2D eigenvalue weighted by Crippen LogP contribution is -2.02. The molecular weight excluding hydrogens is 679 g/mol. The molecular formula is C53H33N3. The zero-order chi connectivity index (χ0) is 37.0. The van der Waals surface area contributed by atoms with Crippen LogP contribution in [0.15, 0.2) is 200 Å². The highest BCUT2D eigenvalue weighted by molar-refractivity contribution is 6.19. The van der Waals surface area contributed by atoms with E-state index < -0.39 is 0 Å². The van der Waals surface area contributed by atoms with Gasteiger partial charge in [0, 0.05) is 22.3 Å².